The fourth-order valence-corrected chi connectivity index (χ4v) is 1.90. The minimum Gasteiger partial charge on any atom is -0.482 e. The predicted molar refractivity (Wildman–Crippen MR) is 84.0 cm³/mol. The number of carbonyl (C=O) groups is 2. The van der Waals surface area contributed by atoms with Gasteiger partial charge in [0, 0.05) is 16.7 Å². The van der Waals surface area contributed by atoms with E-state index in [2.05, 4.69) is 10.9 Å². The van der Waals surface area contributed by atoms with Crippen LogP contribution in [0.15, 0.2) is 42.5 Å². The molecule has 8 heteroatoms. The Kier molecular flexibility index (Phi) is 5.78. The van der Waals surface area contributed by atoms with Crippen molar-refractivity contribution in [1.82, 2.24) is 10.9 Å². The highest BCUT2D eigenvalue weighted by Gasteiger charge is 2.09. The van der Waals surface area contributed by atoms with Crippen LogP contribution in [0, 0.1) is 5.82 Å². The van der Waals surface area contributed by atoms with Crippen molar-refractivity contribution in [2.45, 2.75) is 0 Å². The van der Waals surface area contributed by atoms with Crippen LogP contribution in [-0.2, 0) is 4.79 Å². The van der Waals surface area contributed by atoms with E-state index < -0.39 is 17.6 Å². The van der Waals surface area contributed by atoms with Crippen molar-refractivity contribution >= 4 is 35.0 Å². The number of hydrogen-bond acceptors (Lipinski definition) is 3. The van der Waals surface area contributed by atoms with Gasteiger partial charge in [0.05, 0.1) is 5.02 Å². The summed E-state index contributed by atoms with van der Waals surface area (Å²) in [6, 6.07) is 9.45. The lowest BCUT2D eigenvalue weighted by Gasteiger charge is -2.10. The molecule has 2 aromatic rings. The Labute approximate surface area is 141 Å². The number of carbonyl (C=O) groups excluding carboxylic acids is 2. The lowest BCUT2D eigenvalue weighted by Crippen LogP contribution is -2.43. The third kappa shape index (κ3) is 5.12. The topological polar surface area (TPSA) is 67.4 Å². The van der Waals surface area contributed by atoms with E-state index in [9.17, 15) is 14.0 Å². The minimum atomic E-state index is -0.600. The van der Waals surface area contributed by atoms with Crippen LogP contribution in [0.25, 0.3) is 0 Å². The van der Waals surface area contributed by atoms with E-state index in [4.69, 9.17) is 27.9 Å². The van der Waals surface area contributed by atoms with Crippen molar-refractivity contribution in [2.24, 2.45) is 0 Å². The molecule has 0 aliphatic rings. The highest BCUT2D eigenvalue weighted by Crippen LogP contribution is 2.27. The number of nitrogens with one attached hydrogen (secondary N) is 2. The van der Waals surface area contributed by atoms with Crippen LogP contribution in [0.3, 0.4) is 0 Å². The summed E-state index contributed by atoms with van der Waals surface area (Å²) in [5.41, 5.74) is 4.55. The average molecular weight is 357 g/mol. The number of benzene rings is 2. The summed E-state index contributed by atoms with van der Waals surface area (Å²) >= 11 is 11.7. The second-order valence-corrected chi connectivity index (χ2v) is 5.22. The van der Waals surface area contributed by atoms with Crippen LogP contribution in [0.5, 0.6) is 5.75 Å². The Morgan fingerprint density at radius 2 is 1.74 bits per heavy atom. The summed E-state index contributed by atoms with van der Waals surface area (Å²) in [4.78, 5) is 23.3. The van der Waals surface area contributed by atoms with Crippen LogP contribution in [0.4, 0.5) is 4.39 Å². The number of halogens is 3. The zero-order valence-electron chi connectivity index (χ0n) is 11.6. The highest BCUT2D eigenvalue weighted by molar-refractivity contribution is 6.34. The lowest BCUT2D eigenvalue weighted by atomic mass is 10.2. The Morgan fingerprint density at radius 1 is 1.04 bits per heavy atom. The number of rotatable bonds is 4. The molecule has 23 heavy (non-hydrogen) atoms. The Morgan fingerprint density at radius 3 is 2.43 bits per heavy atom. The van der Waals surface area contributed by atoms with Crippen LogP contribution in [-0.4, -0.2) is 18.4 Å². The van der Waals surface area contributed by atoms with Gasteiger partial charge in [0.2, 0.25) is 0 Å². The van der Waals surface area contributed by atoms with Crippen molar-refractivity contribution in [1.29, 1.82) is 0 Å². The van der Waals surface area contributed by atoms with E-state index in [1.165, 1.54) is 24.3 Å². The zero-order chi connectivity index (χ0) is 16.8. The van der Waals surface area contributed by atoms with Gasteiger partial charge in [-0.1, -0.05) is 23.2 Å². The van der Waals surface area contributed by atoms with Crippen molar-refractivity contribution in [2.75, 3.05) is 6.61 Å². The first-order valence-electron chi connectivity index (χ1n) is 6.38. The molecule has 0 aliphatic heterocycles. The zero-order valence-corrected chi connectivity index (χ0v) is 13.1. The van der Waals surface area contributed by atoms with Crippen molar-refractivity contribution in [3.63, 3.8) is 0 Å². The predicted octanol–water partition coefficient (Wildman–Crippen LogP) is 2.97. The molecule has 2 amide bonds. The third-order valence-corrected chi connectivity index (χ3v) is 3.22. The van der Waals surface area contributed by atoms with Crippen LogP contribution in [0.1, 0.15) is 10.4 Å². The molecule has 0 aliphatic carbocycles. The van der Waals surface area contributed by atoms with Crippen molar-refractivity contribution in [3.8, 4) is 5.75 Å². The van der Waals surface area contributed by atoms with E-state index in [1.807, 2.05) is 0 Å². The Balaban J connectivity index is 1.82. The van der Waals surface area contributed by atoms with Crippen molar-refractivity contribution < 1.29 is 18.7 Å². The van der Waals surface area contributed by atoms with Gasteiger partial charge >= 0.3 is 0 Å². The molecule has 0 atom stereocenters. The maximum Gasteiger partial charge on any atom is 0.276 e. The van der Waals surface area contributed by atoms with Gasteiger partial charge in [0.15, 0.2) is 6.61 Å². The number of amides is 2. The van der Waals surface area contributed by atoms with E-state index in [0.717, 1.165) is 12.1 Å². The maximum absolute atomic E-state index is 12.7. The minimum absolute atomic E-state index is 0.200. The lowest BCUT2D eigenvalue weighted by molar-refractivity contribution is -0.123. The molecule has 0 radical (unpaired) electrons. The number of hydrogen-bond donors (Lipinski definition) is 2. The van der Waals surface area contributed by atoms with E-state index >= 15 is 0 Å². The molecule has 2 rings (SSSR count). The molecule has 5 nitrogen and oxygen atoms in total. The molecule has 0 saturated heterocycles. The molecular weight excluding hydrogens is 346 g/mol. The van der Waals surface area contributed by atoms with Gasteiger partial charge in [0.25, 0.3) is 11.8 Å². The fraction of sp³-hybridized carbons (Fsp3) is 0.0667. The number of ether oxygens (including phenoxy) is 1. The standard InChI is InChI=1S/C15H11Cl2FN2O3/c16-10-3-6-12(17)13(7-10)23-8-14(21)19-20-15(22)9-1-4-11(18)5-2-9/h1-7H,8H2,(H,19,21)(H,20,22). The Bertz CT molecular complexity index is 723. The summed E-state index contributed by atoms with van der Waals surface area (Å²) in [7, 11) is 0. The maximum atomic E-state index is 12.7. The van der Waals surface area contributed by atoms with Crippen LogP contribution >= 0.6 is 23.2 Å². The van der Waals surface area contributed by atoms with E-state index in [0.29, 0.717) is 10.0 Å². The molecule has 0 spiro atoms. The second kappa shape index (κ2) is 7.80. The van der Waals surface area contributed by atoms with Gasteiger partial charge in [0.1, 0.15) is 11.6 Å². The van der Waals surface area contributed by atoms with Gasteiger partial charge in [-0.3, -0.25) is 20.4 Å². The van der Waals surface area contributed by atoms with Gasteiger partial charge in [-0.05, 0) is 36.4 Å². The fourth-order valence-electron chi connectivity index (χ4n) is 1.57. The van der Waals surface area contributed by atoms with Gasteiger partial charge in [-0.25, -0.2) is 4.39 Å². The Hall–Kier alpha value is -2.31. The molecule has 2 aromatic carbocycles. The van der Waals surface area contributed by atoms with Crippen LogP contribution < -0.4 is 15.6 Å². The first-order valence-corrected chi connectivity index (χ1v) is 7.14. The van der Waals surface area contributed by atoms with E-state index in [-0.39, 0.29) is 17.9 Å². The monoisotopic (exact) mass is 356 g/mol. The molecule has 120 valence electrons. The highest BCUT2D eigenvalue weighted by atomic mass is 35.5. The summed E-state index contributed by atoms with van der Waals surface area (Å²) in [6.45, 7) is -0.371. The summed E-state index contributed by atoms with van der Waals surface area (Å²) < 4.78 is 18.0. The molecule has 0 aromatic heterocycles. The SMILES string of the molecule is O=C(COc1cc(Cl)ccc1Cl)NNC(=O)c1ccc(F)cc1. The average Bonchev–Trinajstić information content (AvgIpc) is 2.54. The van der Waals surface area contributed by atoms with Gasteiger partial charge < -0.3 is 4.74 Å². The van der Waals surface area contributed by atoms with Crippen LogP contribution in [0.2, 0.25) is 10.0 Å². The molecule has 0 saturated carbocycles. The van der Waals surface area contributed by atoms with Crippen molar-refractivity contribution in [3.05, 3.63) is 63.9 Å². The van der Waals surface area contributed by atoms with Gasteiger partial charge in [-0.15, -0.1) is 0 Å². The molecule has 0 unspecified atom stereocenters. The molecular formula is C15H11Cl2FN2O3. The smallest absolute Gasteiger partial charge is 0.276 e. The normalized spacial score (nSPS) is 10.0. The summed E-state index contributed by atoms with van der Waals surface area (Å²) in [5, 5.41) is 0.715. The quantitative estimate of drug-likeness (QED) is 0.827. The molecule has 0 bridgehead atoms. The largest absolute Gasteiger partial charge is 0.482 e. The summed E-state index contributed by atoms with van der Waals surface area (Å²) in [5.74, 6) is -1.40. The van der Waals surface area contributed by atoms with Gasteiger partial charge in [-0.2, -0.15) is 0 Å². The number of hydrazine groups is 1. The first-order chi connectivity index (χ1) is 11.0. The summed E-state index contributed by atoms with van der Waals surface area (Å²) in [6.07, 6.45) is 0. The van der Waals surface area contributed by atoms with E-state index in [1.54, 1.807) is 6.07 Å². The first kappa shape index (κ1) is 17.1. The molecule has 0 fully saturated rings. The second-order valence-electron chi connectivity index (χ2n) is 4.37. The third-order valence-electron chi connectivity index (χ3n) is 2.67. The molecule has 2 N–H and O–H groups in total. The molecule has 0 heterocycles.